The number of carboxylic acids is 1. The third-order valence-corrected chi connectivity index (χ3v) is 2.16. The molecule has 0 amide bonds. The predicted molar refractivity (Wildman–Crippen MR) is 61.2 cm³/mol. The molecule has 1 aromatic rings. The monoisotopic (exact) mass is 217 g/mol. The molecule has 1 aromatic carbocycles. The average Bonchev–Trinajstić information content (AvgIpc) is 2.26. The van der Waals surface area contributed by atoms with Crippen LogP contribution in [0.25, 0.3) is 0 Å². The Labute approximate surface area is 94.3 Å². The van der Waals surface area contributed by atoms with E-state index in [2.05, 4.69) is 4.99 Å². The van der Waals surface area contributed by atoms with Gasteiger partial charge >= 0.3 is 93.6 Å². The van der Waals surface area contributed by atoms with Crippen LogP contribution in [0, 0.1) is 6.92 Å². The van der Waals surface area contributed by atoms with Crippen LogP contribution in [0.15, 0.2) is 29.3 Å². The van der Waals surface area contributed by atoms with E-state index < -0.39 is 12.0 Å². The number of carboxylic acid groups (broad SMARTS) is 1. The SMILES string of the molecule is Cc1ccc(C[C@H](N=CB=O)C(=O)O)cc1. The zero-order valence-electron chi connectivity index (χ0n) is 8.96. The van der Waals surface area contributed by atoms with Crippen LogP contribution in [0.4, 0.5) is 0 Å². The number of aliphatic carboxylic acids is 1. The Hall–Kier alpha value is -1.78. The zero-order chi connectivity index (χ0) is 12.0. The first-order chi connectivity index (χ1) is 7.63. The maximum absolute atomic E-state index is 10.8. The summed E-state index contributed by atoms with van der Waals surface area (Å²) in [5.41, 5.74) is 2.01. The summed E-state index contributed by atoms with van der Waals surface area (Å²) in [6.07, 6.45) is 1.27. The molecule has 0 unspecified atom stereocenters. The van der Waals surface area contributed by atoms with E-state index in [4.69, 9.17) is 5.11 Å². The second-order valence-electron chi connectivity index (χ2n) is 3.48. The number of benzene rings is 1. The Morgan fingerprint density at radius 2 is 2.12 bits per heavy atom. The van der Waals surface area contributed by atoms with Crippen molar-refractivity contribution in [1.82, 2.24) is 0 Å². The molecule has 0 heterocycles. The van der Waals surface area contributed by atoms with Gasteiger partial charge in [0.25, 0.3) is 0 Å². The topological polar surface area (TPSA) is 66.7 Å². The standard InChI is InChI=1S/C11H12BNO3/c1-8-2-4-9(5-3-8)6-10(11(14)15)13-7-12-16/h2-5,7,10H,6H2,1H3,(H,14,15)/t10-/m0/s1. The van der Waals surface area contributed by atoms with Gasteiger partial charge in [0.05, 0.1) is 0 Å². The van der Waals surface area contributed by atoms with Crippen molar-refractivity contribution in [3.8, 4) is 0 Å². The first-order valence-corrected chi connectivity index (χ1v) is 4.89. The fourth-order valence-electron chi connectivity index (χ4n) is 1.29. The van der Waals surface area contributed by atoms with Crippen LogP contribution in [-0.4, -0.2) is 30.4 Å². The van der Waals surface area contributed by atoms with Crippen molar-refractivity contribution in [2.24, 2.45) is 4.99 Å². The molecule has 0 spiro atoms. The first kappa shape index (κ1) is 12.3. The Balaban J connectivity index is 2.75. The number of carbonyl (C=O) groups is 1. The predicted octanol–water partition coefficient (Wildman–Crippen LogP) is 1.07. The Kier molecular flexibility index (Phi) is 4.57. The van der Waals surface area contributed by atoms with Gasteiger partial charge in [0.15, 0.2) is 0 Å². The molecular formula is C11H12BNO3. The molecule has 1 atom stereocenters. The molecule has 16 heavy (non-hydrogen) atoms. The van der Waals surface area contributed by atoms with E-state index in [1.807, 2.05) is 31.2 Å². The molecule has 82 valence electrons. The summed E-state index contributed by atoms with van der Waals surface area (Å²) in [5, 5.41) is 8.89. The summed E-state index contributed by atoms with van der Waals surface area (Å²) >= 11 is 0. The second-order valence-corrected chi connectivity index (χ2v) is 3.48. The minimum atomic E-state index is -1.03. The Morgan fingerprint density at radius 1 is 1.50 bits per heavy atom. The Morgan fingerprint density at radius 3 is 2.62 bits per heavy atom. The van der Waals surface area contributed by atoms with Crippen molar-refractivity contribution in [2.75, 3.05) is 0 Å². The van der Waals surface area contributed by atoms with Crippen LogP contribution < -0.4 is 0 Å². The van der Waals surface area contributed by atoms with E-state index in [1.165, 1.54) is 0 Å². The van der Waals surface area contributed by atoms with Crippen LogP contribution >= 0.6 is 0 Å². The first-order valence-electron chi connectivity index (χ1n) is 4.89. The van der Waals surface area contributed by atoms with E-state index in [1.54, 1.807) is 0 Å². The third kappa shape index (κ3) is 3.77. The fraction of sp³-hybridized carbons (Fsp3) is 0.273. The summed E-state index contributed by atoms with van der Waals surface area (Å²) in [5.74, 6) is -1.03. The van der Waals surface area contributed by atoms with Crippen molar-refractivity contribution in [2.45, 2.75) is 19.4 Å². The van der Waals surface area contributed by atoms with E-state index in [-0.39, 0.29) is 0 Å². The van der Waals surface area contributed by atoms with E-state index in [0.717, 1.165) is 17.2 Å². The second kappa shape index (κ2) is 5.95. The minimum absolute atomic E-state index is 0.292. The summed E-state index contributed by atoms with van der Waals surface area (Å²) in [7, 11) is 0.477. The van der Waals surface area contributed by atoms with E-state index >= 15 is 0 Å². The fourth-order valence-corrected chi connectivity index (χ4v) is 1.29. The Bertz CT molecular complexity index is 400. The molecule has 4 nitrogen and oxygen atoms in total. The molecule has 1 rings (SSSR count). The molecule has 1 N–H and O–H groups in total. The van der Waals surface area contributed by atoms with Gasteiger partial charge in [-0.3, -0.25) is 0 Å². The molecule has 0 fully saturated rings. The van der Waals surface area contributed by atoms with Crippen LogP contribution in [0.3, 0.4) is 0 Å². The van der Waals surface area contributed by atoms with Crippen molar-refractivity contribution in [1.29, 1.82) is 0 Å². The molecule has 0 aliphatic heterocycles. The average molecular weight is 217 g/mol. The molecule has 0 aliphatic rings. The van der Waals surface area contributed by atoms with Crippen molar-refractivity contribution in [3.05, 3.63) is 35.4 Å². The van der Waals surface area contributed by atoms with Crippen LogP contribution in [0.5, 0.6) is 0 Å². The van der Waals surface area contributed by atoms with Crippen molar-refractivity contribution < 1.29 is 14.6 Å². The summed E-state index contributed by atoms with van der Waals surface area (Å²) < 4.78 is 10.1. The molecule has 0 saturated heterocycles. The zero-order valence-corrected chi connectivity index (χ0v) is 8.96. The van der Waals surface area contributed by atoms with Gasteiger partial charge in [-0.2, -0.15) is 0 Å². The molecule has 0 radical (unpaired) electrons. The van der Waals surface area contributed by atoms with Crippen molar-refractivity contribution >= 4 is 19.2 Å². The van der Waals surface area contributed by atoms with Gasteiger partial charge in [0, 0.05) is 0 Å². The number of nitrogens with zero attached hydrogens (tertiary/aromatic N) is 1. The number of hydrogen-bond acceptors (Lipinski definition) is 3. The summed E-state index contributed by atoms with van der Waals surface area (Å²) in [4.78, 5) is 14.5. The van der Waals surface area contributed by atoms with Gasteiger partial charge in [-0.05, 0) is 0 Å². The quantitative estimate of drug-likeness (QED) is 0.592. The molecule has 0 aliphatic carbocycles. The van der Waals surface area contributed by atoms with Crippen LogP contribution in [0.1, 0.15) is 11.1 Å². The molecule has 0 saturated carbocycles. The van der Waals surface area contributed by atoms with Gasteiger partial charge in [0.1, 0.15) is 0 Å². The van der Waals surface area contributed by atoms with Gasteiger partial charge in [-0.15, -0.1) is 0 Å². The molecular weight excluding hydrogens is 205 g/mol. The number of aliphatic imine (C=N–C) groups is 1. The van der Waals surface area contributed by atoms with Crippen molar-refractivity contribution in [3.63, 3.8) is 0 Å². The van der Waals surface area contributed by atoms with Crippen LogP contribution in [-0.2, 0) is 15.9 Å². The van der Waals surface area contributed by atoms with E-state index in [0.29, 0.717) is 13.6 Å². The normalized spacial score (nSPS) is 12.3. The number of hydrogen-bond donors (Lipinski definition) is 1. The van der Waals surface area contributed by atoms with Gasteiger partial charge in [-0.25, -0.2) is 0 Å². The maximum atomic E-state index is 10.8. The summed E-state index contributed by atoms with van der Waals surface area (Å²) in [6.45, 7) is 1.96. The number of rotatable bonds is 5. The third-order valence-electron chi connectivity index (χ3n) is 2.16. The molecule has 0 aromatic heterocycles. The van der Waals surface area contributed by atoms with Crippen LogP contribution in [0.2, 0.25) is 0 Å². The van der Waals surface area contributed by atoms with Gasteiger partial charge < -0.3 is 0 Å². The van der Waals surface area contributed by atoms with E-state index in [9.17, 15) is 9.50 Å². The summed E-state index contributed by atoms with van der Waals surface area (Å²) in [6, 6.07) is 6.66. The number of aryl methyl sites for hydroxylation is 1. The van der Waals surface area contributed by atoms with Gasteiger partial charge in [0.2, 0.25) is 0 Å². The molecule has 5 heteroatoms. The molecule has 0 bridgehead atoms. The van der Waals surface area contributed by atoms with Gasteiger partial charge in [-0.1, -0.05) is 0 Å².